The number of hydrogen-bond donors (Lipinski definition) is 1. The highest BCUT2D eigenvalue weighted by molar-refractivity contribution is 4.96. The fraction of sp³-hybridized carbons (Fsp3) is 0.769. The number of likely N-dealkylation sites (N-methyl/N-ethyl adjacent to an activating group) is 1. The lowest BCUT2D eigenvalue weighted by Crippen LogP contribution is -2.41. The molecule has 1 aliphatic rings. The molecule has 0 spiro atoms. The molecular weight excluding hydrogens is 244 g/mol. The van der Waals surface area contributed by atoms with Crippen LogP contribution in [0.5, 0.6) is 0 Å². The first kappa shape index (κ1) is 14.5. The zero-order valence-electron chi connectivity index (χ0n) is 11.8. The highest BCUT2D eigenvalue weighted by atomic mass is 16.5. The molecule has 6 heteroatoms. The number of morpholine rings is 1. The van der Waals surface area contributed by atoms with Gasteiger partial charge in [0.25, 0.3) is 0 Å². The standard InChI is InChI=1S/C13H24N4O2/c1-16-4-6-19-13(9-16)10-17-8-12(15-11-17)7-14-3-5-18-2/h8,11,13-14H,3-7,9-10H2,1-2H3. The third kappa shape index (κ3) is 4.91. The lowest BCUT2D eigenvalue weighted by Gasteiger charge is -2.30. The molecule has 0 saturated carbocycles. The summed E-state index contributed by atoms with van der Waals surface area (Å²) in [6.45, 7) is 6.05. The van der Waals surface area contributed by atoms with Crippen LogP contribution in [0.3, 0.4) is 0 Å². The van der Waals surface area contributed by atoms with Gasteiger partial charge in [0.2, 0.25) is 0 Å². The minimum atomic E-state index is 0.266. The maximum Gasteiger partial charge on any atom is 0.0950 e. The van der Waals surface area contributed by atoms with E-state index in [9.17, 15) is 0 Å². The number of rotatable bonds is 7. The Bertz CT molecular complexity index is 369. The van der Waals surface area contributed by atoms with Gasteiger partial charge in [-0.05, 0) is 7.05 Å². The van der Waals surface area contributed by atoms with E-state index in [4.69, 9.17) is 9.47 Å². The summed E-state index contributed by atoms with van der Waals surface area (Å²) >= 11 is 0. The minimum Gasteiger partial charge on any atom is -0.383 e. The van der Waals surface area contributed by atoms with Gasteiger partial charge in [0.05, 0.1) is 37.9 Å². The predicted molar refractivity (Wildman–Crippen MR) is 73.0 cm³/mol. The van der Waals surface area contributed by atoms with Gasteiger partial charge in [-0.15, -0.1) is 0 Å². The summed E-state index contributed by atoms with van der Waals surface area (Å²) in [7, 11) is 3.84. The van der Waals surface area contributed by atoms with Crippen LogP contribution < -0.4 is 5.32 Å². The van der Waals surface area contributed by atoms with Crippen molar-refractivity contribution in [2.24, 2.45) is 0 Å². The van der Waals surface area contributed by atoms with Crippen LogP contribution in [0.25, 0.3) is 0 Å². The van der Waals surface area contributed by atoms with Crippen LogP contribution in [0.15, 0.2) is 12.5 Å². The molecule has 1 fully saturated rings. The van der Waals surface area contributed by atoms with E-state index >= 15 is 0 Å². The first-order valence-corrected chi connectivity index (χ1v) is 6.78. The Kier molecular flexibility index (Phi) is 5.78. The van der Waals surface area contributed by atoms with Crippen molar-refractivity contribution in [3.63, 3.8) is 0 Å². The number of nitrogens with one attached hydrogen (secondary N) is 1. The van der Waals surface area contributed by atoms with Gasteiger partial charge >= 0.3 is 0 Å². The fourth-order valence-electron chi connectivity index (χ4n) is 2.20. The molecule has 0 amide bonds. The number of aromatic nitrogens is 2. The van der Waals surface area contributed by atoms with Gasteiger partial charge in [-0.3, -0.25) is 0 Å². The van der Waals surface area contributed by atoms with Crippen molar-refractivity contribution in [1.82, 2.24) is 19.8 Å². The van der Waals surface area contributed by atoms with E-state index in [0.29, 0.717) is 0 Å². The highest BCUT2D eigenvalue weighted by Crippen LogP contribution is 2.06. The molecule has 0 bridgehead atoms. The maximum absolute atomic E-state index is 5.75. The van der Waals surface area contributed by atoms with Crippen LogP contribution in [-0.4, -0.2) is 67.6 Å². The van der Waals surface area contributed by atoms with Gasteiger partial charge in [-0.25, -0.2) is 4.98 Å². The second-order valence-corrected chi connectivity index (χ2v) is 4.99. The Morgan fingerprint density at radius 2 is 2.47 bits per heavy atom. The monoisotopic (exact) mass is 268 g/mol. The molecule has 1 aromatic rings. The zero-order chi connectivity index (χ0) is 13.5. The Morgan fingerprint density at radius 1 is 1.58 bits per heavy atom. The first-order valence-electron chi connectivity index (χ1n) is 6.78. The molecular formula is C13H24N4O2. The molecule has 6 nitrogen and oxygen atoms in total. The summed E-state index contributed by atoms with van der Waals surface area (Å²) in [6.07, 6.45) is 4.23. The number of imidazole rings is 1. The summed E-state index contributed by atoms with van der Waals surface area (Å²) < 4.78 is 12.8. The van der Waals surface area contributed by atoms with Gasteiger partial charge in [-0.1, -0.05) is 0 Å². The molecule has 1 N–H and O–H groups in total. The molecule has 1 unspecified atom stereocenters. The van der Waals surface area contributed by atoms with Gasteiger partial charge in [0.1, 0.15) is 0 Å². The Morgan fingerprint density at radius 3 is 3.26 bits per heavy atom. The van der Waals surface area contributed by atoms with Gasteiger partial charge in [-0.2, -0.15) is 0 Å². The molecule has 2 rings (SSSR count). The van der Waals surface area contributed by atoms with Crippen LogP contribution in [0.1, 0.15) is 5.69 Å². The Balaban J connectivity index is 1.73. The Hall–Kier alpha value is -0.950. The molecule has 2 heterocycles. The number of ether oxygens (including phenoxy) is 2. The van der Waals surface area contributed by atoms with Gasteiger partial charge in [0, 0.05) is 39.5 Å². The largest absolute Gasteiger partial charge is 0.383 e. The van der Waals surface area contributed by atoms with E-state index in [1.807, 2.05) is 6.33 Å². The van der Waals surface area contributed by atoms with E-state index in [2.05, 4.69) is 33.0 Å². The second-order valence-electron chi connectivity index (χ2n) is 4.99. The van der Waals surface area contributed by atoms with E-state index in [0.717, 1.165) is 51.6 Å². The van der Waals surface area contributed by atoms with Gasteiger partial charge < -0.3 is 24.3 Å². The minimum absolute atomic E-state index is 0.266. The average Bonchev–Trinajstić information content (AvgIpc) is 2.82. The average molecular weight is 268 g/mol. The van der Waals surface area contributed by atoms with Crippen molar-refractivity contribution >= 4 is 0 Å². The molecule has 0 aromatic carbocycles. The van der Waals surface area contributed by atoms with Crippen LogP contribution in [0.4, 0.5) is 0 Å². The highest BCUT2D eigenvalue weighted by Gasteiger charge is 2.17. The molecule has 1 saturated heterocycles. The smallest absolute Gasteiger partial charge is 0.0950 e. The lowest BCUT2D eigenvalue weighted by molar-refractivity contribution is -0.0274. The fourth-order valence-corrected chi connectivity index (χ4v) is 2.20. The molecule has 1 atom stereocenters. The van der Waals surface area contributed by atoms with Crippen molar-refractivity contribution in [3.8, 4) is 0 Å². The lowest BCUT2D eigenvalue weighted by atomic mass is 10.3. The number of hydrogen-bond acceptors (Lipinski definition) is 5. The predicted octanol–water partition coefficient (Wildman–Crippen LogP) is -0.0503. The summed E-state index contributed by atoms with van der Waals surface area (Å²) in [6, 6.07) is 0. The van der Waals surface area contributed by atoms with E-state index < -0.39 is 0 Å². The van der Waals surface area contributed by atoms with Crippen molar-refractivity contribution in [1.29, 1.82) is 0 Å². The molecule has 108 valence electrons. The summed E-state index contributed by atoms with van der Waals surface area (Å²) in [5.74, 6) is 0. The molecule has 1 aliphatic heterocycles. The third-order valence-electron chi connectivity index (χ3n) is 3.23. The number of nitrogens with zero attached hydrogens (tertiary/aromatic N) is 3. The molecule has 19 heavy (non-hydrogen) atoms. The zero-order valence-corrected chi connectivity index (χ0v) is 11.8. The normalized spacial score (nSPS) is 20.8. The summed E-state index contributed by atoms with van der Waals surface area (Å²) in [4.78, 5) is 6.69. The molecule has 0 aliphatic carbocycles. The topological polar surface area (TPSA) is 51.5 Å². The van der Waals surface area contributed by atoms with Crippen molar-refractivity contribution in [3.05, 3.63) is 18.2 Å². The van der Waals surface area contributed by atoms with Crippen LogP contribution >= 0.6 is 0 Å². The molecule has 0 radical (unpaired) electrons. The van der Waals surface area contributed by atoms with E-state index in [-0.39, 0.29) is 6.10 Å². The van der Waals surface area contributed by atoms with Crippen LogP contribution in [0.2, 0.25) is 0 Å². The quantitative estimate of drug-likeness (QED) is 0.703. The van der Waals surface area contributed by atoms with Crippen molar-refractivity contribution in [2.45, 2.75) is 19.2 Å². The SMILES string of the molecule is COCCNCc1cn(CC2CN(C)CCO2)cn1. The molecule has 1 aromatic heterocycles. The maximum atomic E-state index is 5.75. The third-order valence-corrected chi connectivity index (χ3v) is 3.23. The summed E-state index contributed by atoms with van der Waals surface area (Å²) in [5.41, 5.74) is 1.06. The van der Waals surface area contributed by atoms with Crippen molar-refractivity contribution < 1.29 is 9.47 Å². The summed E-state index contributed by atoms with van der Waals surface area (Å²) in [5, 5.41) is 3.29. The van der Waals surface area contributed by atoms with Crippen LogP contribution in [-0.2, 0) is 22.6 Å². The van der Waals surface area contributed by atoms with Crippen molar-refractivity contribution in [2.75, 3.05) is 47.0 Å². The van der Waals surface area contributed by atoms with Crippen LogP contribution in [0, 0.1) is 0 Å². The number of methoxy groups -OCH3 is 1. The van der Waals surface area contributed by atoms with E-state index in [1.165, 1.54) is 0 Å². The van der Waals surface area contributed by atoms with E-state index in [1.54, 1.807) is 7.11 Å². The van der Waals surface area contributed by atoms with Gasteiger partial charge in [0.15, 0.2) is 0 Å². The Labute approximate surface area is 114 Å². The second kappa shape index (κ2) is 7.59. The first-order chi connectivity index (χ1) is 9.28.